The monoisotopic (exact) mass is 348 g/mol. The minimum atomic E-state index is 0.212. The fourth-order valence-corrected chi connectivity index (χ4v) is 4.03. The van der Waals surface area contributed by atoms with E-state index in [2.05, 4.69) is 10.1 Å². The van der Waals surface area contributed by atoms with Crippen LogP contribution in [-0.2, 0) is 16.1 Å². The molecule has 1 aromatic heterocycles. The molecule has 2 aliphatic heterocycles. The van der Waals surface area contributed by atoms with E-state index in [1.165, 1.54) is 6.33 Å². The van der Waals surface area contributed by atoms with E-state index in [9.17, 15) is 9.59 Å². The Morgan fingerprint density at radius 1 is 1.28 bits per heavy atom. The first kappa shape index (κ1) is 17.8. The molecule has 2 amide bonds. The fourth-order valence-electron chi connectivity index (χ4n) is 4.03. The average molecular weight is 348 g/mol. The quantitative estimate of drug-likeness (QED) is 0.762. The van der Waals surface area contributed by atoms with Gasteiger partial charge in [0.2, 0.25) is 11.8 Å². The van der Waals surface area contributed by atoms with Crippen LogP contribution in [0.2, 0.25) is 0 Å². The summed E-state index contributed by atoms with van der Waals surface area (Å²) in [4.78, 5) is 32.6. The van der Waals surface area contributed by atoms with Gasteiger partial charge in [0.1, 0.15) is 12.7 Å². The van der Waals surface area contributed by atoms with Gasteiger partial charge in [-0.15, -0.1) is 0 Å². The van der Waals surface area contributed by atoms with Crippen LogP contribution >= 0.6 is 0 Å². The van der Waals surface area contributed by atoms with E-state index >= 15 is 0 Å². The molecular formula is C17H28N6O2. The summed E-state index contributed by atoms with van der Waals surface area (Å²) in [6.45, 7) is 3.60. The highest BCUT2D eigenvalue weighted by Crippen LogP contribution is 2.31. The Balaban J connectivity index is 1.48. The number of aromatic nitrogens is 3. The highest BCUT2D eigenvalue weighted by molar-refractivity contribution is 5.78. The number of rotatable bonds is 7. The van der Waals surface area contributed by atoms with Gasteiger partial charge in [-0.1, -0.05) is 0 Å². The summed E-state index contributed by atoms with van der Waals surface area (Å²) in [5.74, 6) is 0.870. The number of carbonyl (C=O) groups excluding carboxylic acids is 2. The zero-order valence-corrected chi connectivity index (χ0v) is 14.7. The second-order valence-electron chi connectivity index (χ2n) is 6.99. The van der Waals surface area contributed by atoms with Gasteiger partial charge in [0.05, 0.1) is 0 Å². The van der Waals surface area contributed by atoms with Crippen molar-refractivity contribution in [1.82, 2.24) is 24.6 Å². The average Bonchev–Trinajstić information content (AvgIpc) is 3.14. The molecule has 0 radical (unpaired) electrons. The Morgan fingerprint density at radius 2 is 2.16 bits per heavy atom. The Hall–Kier alpha value is -1.96. The highest BCUT2D eigenvalue weighted by Gasteiger charge is 2.39. The standard InChI is InChI=1S/C17H28N6O2/c18-7-2-9-23-15-6-10-21(11-14(15)4-5-17(23)25)16(24)3-1-8-22-13-19-12-20-22/h12-15H,1-11,18H2/t14-,15+/m0/s1. The fraction of sp³-hybridized carbons (Fsp3) is 0.765. The summed E-state index contributed by atoms with van der Waals surface area (Å²) in [6, 6.07) is 0.284. The third-order valence-corrected chi connectivity index (χ3v) is 5.34. The van der Waals surface area contributed by atoms with E-state index in [4.69, 9.17) is 5.73 Å². The van der Waals surface area contributed by atoms with Crippen molar-refractivity contribution in [1.29, 1.82) is 0 Å². The van der Waals surface area contributed by atoms with Crippen LogP contribution < -0.4 is 5.73 Å². The van der Waals surface area contributed by atoms with Gasteiger partial charge >= 0.3 is 0 Å². The molecule has 0 spiro atoms. The normalized spacial score (nSPS) is 23.6. The SMILES string of the molecule is NCCCN1C(=O)CC[C@H]2CN(C(=O)CCCn3cncn3)CC[C@H]21. The molecule has 25 heavy (non-hydrogen) atoms. The molecule has 2 saturated heterocycles. The molecule has 0 bridgehead atoms. The van der Waals surface area contributed by atoms with Crippen molar-refractivity contribution in [2.24, 2.45) is 11.7 Å². The first-order chi connectivity index (χ1) is 12.2. The van der Waals surface area contributed by atoms with Gasteiger partial charge in [0.15, 0.2) is 0 Å². The molecule has 2 fully saturated rings. The van der Waals surface area contributed by atoms with E-state index in [0.29, 0.717) is 31.8 Å². The van der Waals surface area contributed by atoms with Crippen molar-refractivity contribution in [2.75, 3.05) is 26.2 Å². The maximum absolute atomic E-state index is 12.5. The van der Waals surface area contributed by atoms with Gasteiger partial charge in [-0.3, -0.25) is 14.3 Å². The molecule has 0 unspecified atom stereocenters. The number of likely N-dealkylation sites (tertiary alicyclic amines) is 2. The lowest BCUT2D eigenvalue weighted by Gasteiger charge is -2.47. The Morgan fingerprint density at radius 3 is 2.92 bits per heavy atom. The summed E-state index contributed by atoms with van der Waals surface area (Å²) < 4.78 is 1.75. The molecule has 2 aliphatic rings. The van der Waals surface area contributed by atoms with Crippen molar-refractivity contribution in [3.63, 3.8) is 0 Å². The number of hydrogen-bond donors (Lipinski definition) is 1. The molecule has 2 N–H and O–H groups in total. The Bertz CT molecular complexity index is 576. The number of fused-ring (bicyclic) bond motifs is 1. The number of carbonyl (C=O) groups is 2. The number of piperidine rings is 2. The van der Waals surface area contributed by atoms with E-state index in [1.807, 2.05) is 9.80 Å². The number of aryl methyl sites for hydroxylation is 1. The number of nitrogens with two attached hydrogens (primary N) is 1. The second kappa shape index (κ2) is 8.42. The number of hydrogen-bond acceptors (Lipinski definition) is 5. The minimum Gasteiger partial charge on any atom is -0.342 e. The molecule has 8 nitrogen and oxygen atoms in total. The first-order valence-electron chi connectivity index (χ1n) is 9.28. The van der Waals surface area contributed by atoms with Gasteiger partial charge in [-0.25, -0.2) is 4.98 Å². The zero-order chi connectivity index (χ0) is 17.6. The van der Waals surface area contributed by atoms with Crippen molar-refractivity contribution in [3.05, 3.63) is 12.7 Å². The molecule has 3 heterocycles. The van der Waals surface area contributed by atoms with Crippen molar-refractivity contribution in [2.45, 2.75) is 51.1 Å². The van der Waals surface area contributed by atoms with E-state index in [0.717, 1.165) is 45.3 Å². The molecule has 3 rings (SSSR count). The van der Waals surface area contributed by atoms with Gasteiger partial charge in [-0.05, 0) is 38.1 Å². The second-order valence-corrected chi connectivity index (χ2v) is 6.99. The predicted molar refractivity (Wildman–Crippen MR) is 92.3 cm³/mol. The molecule has 0 aliphatic carbocycles. The molecule has 138 valence electrons. The van der Waals surface area contributed by atoms with E-state index in [1.54, 1.807) is 11.0 Å². The largest absolute Gasteiger partial charge is 0.342 e. The summed E-state index contributed by atoms with van der Waals surface area (Å²) in [6.07, 6.45) is 7.71. The lowest BCUT2D eigenvalue weighted by atomic mass is 9.83. The lowest BCUT2D eigenvalue weighted by Crippen LogP contribution is -2.57. The van der Waals surface area contributed by atoms with Crippen LogP contribution in [0.25, 0.3) is 0 Å². The van der Waals surface area contributed by atoms with Crippen LogP contribution in [0.1, 0.15) is 38.5 Å². The van der Waals surface area contributed by atoms with Gasteiger partial charge in [0.25, 0.3) is 0 Å². The first-order valence-corrected chi connectivity index (χ1v) is 9.28. The third kappa shape index (κ3) is 4.36. The molecular weight excluding hydrogens is 320 g/mol. The molecule has 0 aromatic carbocycles. The van der Waals surface area contributed by atoms with Crippen LogP contribution in [-0.4, -0.2) is 68.6 Å². The van der Waals surface area contributed by atoms with Crippen molar-refractivity contribution in [3.8, 4) is 0 Å². The Labute approximate surface area is 148 Å². The van der Waals surface area contributed by atoms with Crippen LogP contribution in [0.3, 0.4) is 0 Å². The summed E-state index contributed by atoms with van der Waals surface area (Å²) >= 11 is 0. The molecule has 8 heteroatoms. The van der Waals surface area contributed by atoms with E-state index in [-0.39, 0.29) is 17.9 Å². The summed E-state index contributed by atoms with van der Waals surface area (Å²) in [5, 5.41) is 4.05. The zero-order valence-electron chi connectivity index (χ0n) is 14.7. The molecule has 2 atom stereocenters. The summed E-state index contributed by atoms with van der Waals surface area (Å²) in [5.41, 5.74) is 5.60. The van der Waals surface area contributed by atoms with Gasteiger partial charge in [0, 0.05) is 45.1 Å². The molecule has 0 saturated carbocycles. The van der Waals surface area contributed by atoms with Crippen LogP contribution in [0.15, 0.2) is 12.7 Å². The summed E-state index contributed by atoms with van der Waals surface area (Å²) in [7, 11) is 0. The maximum atomic E-state index is 12.5. The smallest absolute Gasteiger partial charge is 0.222 e. The number of amides is 2. The van der Waals surface area contributed by atoms with Crippen molar-refractivity contribution >= 4 is 11.8 Å². The predicted octanol–water partition coefficient (Wildman–Crippen LogP) is 0.247. The van der Waals surface area contributed by atoms with Crippen LogP contribution in [0, 0.1) is 5.92 Å². The highest BCUT2D eigenvalue weighted by atomic mass is 16.2. The maximum Gasteiger partial charge on any atom is 0.222 e. The van der Waals surface area contributed by atoms with Gasteiger partial charge in [-0.2, -0.15) is 5.10 Å². The Kier molecular flexibility index (Phi) is 6.01. The van der Waals surface area contributed by atoms with Crippen LogP contribution in [0.5, 0.6) is 0 Å². The van der Waals surface area contributed by atoms with Gasteiger partial charge < -0.3 is 15.5 Å². The number of nitrogens with zero attached hydrogens (tertiary/aromatic N) is 5. The third-order valence-electron chi connectivity index (χ3n) is 5.34. The topological polar surface area (TPSA) is 97.3 Å². The minimum absolute atomic E-state index is 0.212. The van der Waals surface area contributed by atoms with Crippen molar-refractivity contribution < 1.29 is 9.59 Å². The molecule has 1 aromatic rings. The van der Waals surface area contributed by atoms with E-state index < -0.39 is 0 Å². The van der Waals surface area contributed by atoms with Crippen LogP contribution in [0.4, 0.5) is 0 Å². The lowest BCUT2D eigenvalue weighted by molar-refractivity contribution is -0.144.